The van der Waals surface area contributed by atoms with E-state index in [1.54, 1.807) is 24.4 Å². The van der Waals surface area contributed by atoms with Crippen LogP contribution in [0.2, 0.25) is 0 Å². The summed E-state index contributed by atoms with van der Waals surface area (Å²) in [6.07, 6.45) is 6.94. The van der Waals surface area contributed by atoms with Crippen molar-refractivity contribution in [3.8, 4) is 16.8 Å². The number of fused-ring (bicyclic) bond motifs is 1. The summed E-state index contributed by atoms with van der Waals surface area (Å²) in [5.41, 5.74) is 10.8. The van der Waals surface area contributed by atoms with Gasteiger partial charge in [0, 0.05) is 42.0 Å². The molecule has 3 aromatic heterocycles. The molecule has 4 N–H and O–H groups in total. The molecular weight excluding hydrogens is 492 g/mol. The van der Waals surface area contributed by atoms with Crippen LogP contribution in [-0.2, 0) is 0 Å². The van der Waals surface area contributed by atoms with Gasteiger partial charge in [0.2, 0.25) is 0 Å². The normalized spacial score (nSPS) is 16.7. The lowest BCUT2D eigenvalue weighted by Gasteiger charge is -2.35. The van der Waals surface area contributed by atoms with Gasteiger partial charge < -0.3 is 20.7 Å². The molecule has 0 aliphatic heterocycles. The standard InChI is InChI=1S/C30H28N6O3/c1-18-4-10-22(11-5-18)35-12-2-3-24(30(35)39)29(38)34-21-8-6-20(7-9-21)25-15-36(23-13-19(14-23)16-37)28-26(25)27(31)32-17-33-28/h2-12,15,17,19,23,37H,13-14,16H2,1H3,(H,34,38)(H2,31,32,33). The molecule has 1 fully saturated rings. The van der Waals surface area contributed by atoms with E-state index in [0.29, 0.717) is 23.1 Å². The highest BCUT2D eigenvalue weighted by atomic mass is 16.3. The molecule has 0 atom stereocenters. The van der Waals surface area contributed by atoms with Crippen LogP contribution >= 0.6 is 0 Å². The van der Waals surface area contributed by atoms with Gasteiger partial charge in [0.05, 0.1) is 5.39 Å². The monoisotopic (exact) mass is 520 g/mol. The minimum atomic E-state index is -0.480. The lowest BCUT2D eigenvalue weighted by molar-refractivity contribution is 0.102. The third-order valence-electron chi connectivity index (χ3n) is 7.46. The Morgan fingerprint density at radius 1 is 1.08 bits per heavy atom. The van der Waals surface area contributed by atoms with Gasteiger partial charge in [0.25, 0.3) is 11.5 Å². The van der Waals surface area contributed by atoms with E-state index in [-0.39, 0.29) is 18.2 Å². The molecule has 1 amide bonds. The van der Waals surface area contributed by atoms with Crippen LogP contribution in [0.1, 0.15) is 34.8 Å². The van der Waals surface area contributed by atoms with Crippen LogP contribution in [0.5, 0.6) is 0 Å². The van der Waals surface area contributed by atoms with Gasteiger partial charge in [-0.25, -0.2) is 9.97 Å². The Bertz CT molecular complexity index is 1730. The summed E-state index contributed by atoms with van der Waals surface area (Å²) >= 11 is 0. The summed E-state index contributed by atoms with van der Waals surface area (Å²) < 4.78 is 3.59. The number of amides is 1. The molecule has 6 rings (SSSR count). The van der Waals surface area contributed by atoms with Gasteiger partial charge in [-0.15, -0.1) is 0 Å². The van der Waals surface area contributed by atoms with Crippen LogP contribution < -0.4 is 16.6 Å². The number of aromatic nitrogens is 4. The van der Waals surface area contributed by atoms with E-state index in [9.17, 15) is 14.7 Å². The van der Waals surface area contributed by atoms with Crippen molar-refractivity contribution in [2.45, 2.75) is 25.8 Å². The Balaban J connectivity index is 1.26. The molecule has 1 aliphatic rings. The predicted octanol–water partition coefficient (Wildman–Crippen LogP) is 4.34. The fraction of sp³-hybridized carbons (Fsp3) is 0.200. The molecule has 0 saturated heterocycles. The molecule has 0 radical (unpaired) electrons. The Labute approximate surface area is 224 Å². The van der Waals surface area contributed by atoms with Crippen molar-refractivity contribution in [3.63, 3.8) is 0 Å². The van der Waals surface area contributed by atoms with E-state index in [4.69, 9.17) is 5.73 Å². The summed E-state index contributed by atoms with van der Waals surface area (Å²) in [6, 6.07) is 18.4. The number of nitrogen functional groups attached to an aromatic ring is 1. The molecular formula is C30H28N6O3. The fourth-order valence-corrected chi connectivity index (χ4v) is 5.19. The highest BCUT2D eigenvalue weighted by Gasteiger charge is 2.32. The van der Waals surface area contributed by atoms with Crippen LogP contribution in [-0.4, -0.2) is 36.7 Å². The summed E-state index contributed by atoms with van der Waals surface area (Å²) in [5.74, 6) is 0.230. The summed E-state index contributed by atoms with van der Waals surface area (Å²) in [6.45, 7) is 2.17. The Morgan fingerprint density at radius 3 is 2.54 bits per heavy atom. The lowest BCUT2D eigenvalue weighted by atomic mass is 9.81. The van der Waals surface area contributed by atoms with Crippen molar-refractivity contribution < 1.29 is 9.90 Å². The largest absolute Gasteiger partial charge is 0.396 e. The van der Waals surface area contributed by atoms with Crippen LogP contribution in [0.15, 0.2) is 84.2 Å². The zero-order valence-corrected chi connectivity index (χ0v) is 21.4. The number of benzene rings is 2. The first-order chi connectivity index (χ1) is 18.9. The number of aryl methyl sites for hydroxylation is 1. The van der Waals surface area contributed by atoms with E-state index in [1.807, 2.05) is 49.5 Å². The summed E-state index contributed by atoms with van der Waals surface area (Å²) in [5, 5.41) is 13.1. The molecule has 2 aromatic carbocycles. The lowest BCUT2D eigenvalue weighted by Crippen LogP contribution is -2.28. The molecule has 0 bridgehead atoms. The van der Waals surface area contributed by atoms with Crippen molar-refractivity contribution >= 4 is 28.4 Å². The molecule has 3 heterocycles. The van der Waals surface area contributed by atoms with Gasteiger partial charge in [-0.1, -0.05) is 29.8 Å². The average molecular weight is 521 g/mol. The zero-order chi connectivity index (χ0) is 27.1. The second kappa shape index (κ2) is 9.85. The van der Waals surface area contributed by atoms with Crippen LogP contribution in [0.4, 0.5) is 11.5 Å². The molecule has 9 nitrogen and oxygen atoms in total. The first-order valence-electron chi connectivity index (χ1n) is 12.9. The third kappa shape index (κ3) is 4.46. The molecule has 0 unspecified atom stereocenters. The number of aliphatic hydroxyl groups is 1. The maximum atomic E-state index is 13.1. The molecule has 9 heteroatoms. The van der Waals surface area contributed by atoms with Gasteiger partial charge in [-0.05, 0) is 67.6 Å². The number of rotatable bonds is 6. The number of anilines is 2. The number of carbonyl (C=O) groups excluding carboxylic acids is 1. The summed E-state index contributed by atoms with van der Waals surface area (Å²) in [7, 11) is 0. The number of aliphatic hydroxyl groups excluding tert-OH is 1. The number of hydrogen-bond acceptors (Lipinski definition) is 6. The quantitative estimate of drug-likeness (QED) is 0.306. The number of nitrogens with zero attached hydrogens (tertiary/aromatic N) is 4. The minimum Gasteiger partial charge on any atom is -0.396 e. The molecule has 1 aliphatic carbocycles. The smallest absolute Gasteiger partial charge is 0.267 e. The van der Waals surface area contributed by atoms with E-state index in [2.05, 4.69) is 19.9 Å². The topological polar surface area (TPSA) is 128 Å². The second-order valence-corrected chi connectivity index (χ2v) is 10.0. The first-order valence-corrected chi connectivity index (χ1v) is 12.9. The second-order valence-electron chi connectivity index (χ2n) is 10.0. The number of carbonyl (C=O) groups is 1. The minimum absolute atomic E-state index is 0.0526. The van der Waals surface area contributed by atoms with Gasteiger partial charge >= 0.3 is 0 Å². The van der Waals surface area contributed by atoms with Gasteiger partial charge in [0.1, 0.15) is 23.4 Å². The average Bonchev–Trinajstić information content (AvgIpc) is 3.30. The highest BCUT2D eigenvalue weighted by molar-refractivity contribution is 6.04. The van der Waals surface area contributed by atoms with Crippen molar-refractivity contribution in [2.75, 3.05) is 17.7 Å². The van der Waals surface area contributed by atoms with E-state index >= 15 is 0 Å². The number of nitrogens with two attached hydrogens (primary N) is 1. The summed E-state index contributed by atoms with van der Waals surface area (Å²) in [4.78, 5) is 34.8. The van der Waals surface area contributed by atoms with Gasteiger partial charge in [0.15, 0.2) is 0 Å². The number of nitrogens with one attached hydrogen (secondary N) is 1. The van der Waals surface area contributed by atoms with Crippen LogP contribution in [0.3, 0.4) is 0 Å². The van der Waals surface area contributed by atoms with E-state index in [1.165, 1.54) is 17.0 Å². The highest BCUT2D eigenvalue weighted by Crippen LogP contribution is 2.42. The third-order valence-corrected chi connectivity index (χ3v) is 7.46. The van der Waals surface area contributed by atoms with Crippen molar-refractivity contribution in [1.82, 2.24) is 19.1 Å². The zero-order valence-electron chi connectivity index (χ0n) is 21.4. The Morgan fingerprint density at radius 2 is 1.82 bits per heavy atom. The fourth-order valence-electron chi connectivity index (χ4n) is 5.19. The van der Waals surface area contributed by atoms with Crippen molar-refractivity contribution in [2.24, 2.45) is 5.92 Å². The van der Waals surface area contributed by atoms with Gasteiger partial charge in [-0.3, -0.25) is 14.2 Å². The SMILES string of the molecule is Cc1ccc(-n2cccc(C(=O)Nc3ccc(-c4cn(C5CC(CO)C5)c5ncnc(N)c45)cc3)c2=O)cc1. The van der Waals surface area contributed by atoms with Crippen molar-refractivity contribution in [1.29, 1.82) is 0 Å². The maximum Gasteiger partial charge on any atom is 0.267 e. The molecule has 0 spiro atoms. The first kappa shape index (κ1) is 24.6. The predicted molar refractivity (Wildman–Crippen MR) is 151 cm³/mol. The van der Waals surface area contributed by atoms with Crippen molar-refractivity contribution in [3.05, 3.63) is 101 Å². The molecule has 5 aromatic rings. The molecule has 196 valence electrons. The van der Waals surface area contributed by atoms with E-state index in [0.717, 1.165) is 40.6 Å². The van der Waals surface area contributed by atoms with Crippen LogP contribution in [0.25, 0.3) is 27.8 Å². The maximum absolute atomic E-state index is 13.1. The number of hydrogen-bond donors (Lipinski definition) is 3. The van der Waals surface area contributed by atoms with Gasteiger partial charge in [-0.2, -0.15) is 0 Å². The van der Waals surface area contributed by atoms with E-state index < -0.39 is 11.5 Å². The Kier molecular flexibility index (Phi) is 6.20. The number of pyridine rings is 1. The Hall–Kier alpha value is -4.76. The molecule has 39 heavy (non-hydrogen) atoms. The van der Waals surface area contributed by atoms with Crippen LogP contribution in [0, 0.1) is 12.8 Å². The molecule has 1 saturated carbocycles.